The van der Waals surface area contributed by atoms with Crippen LogP contribution in [0, 0.1) is 11.2 Å². The van der Waals surface area contributed by atoms with E-state index >= 15 is 0 Å². The summed E-state index contributed by atoms with van der Waals surface area (Å²) in [6.45, 7) is 6.21. The number of aryl methyl sites for hydroxylation is 1. The molecule has 1 aromatic carbocycles. The van der Waals surface area contributed by atoms with Crippen molar-refractivity contribution in [2.75, 3.05) is 19.4 Å². The van der Waals surface area contributed by atoms with Crippen LogP contribution in [-0.2, 0) is 11.2 Å². The number of hydrogen-bond donors (Lipinski definition) is 2. The van der Waals surface area contributed by atoms with Gasteiger partial charge >= 0.3 is 0 Å². The lowest BCUT2D eigenvalue weighted by Crippen LogP contribution is -2.28. The lowest BCUT2D eigenvalue weighted by Gasteiger charge is -2.20. The molecule has 0 unspecified atom stereocenters. The molecule has 0 atom stereocenters. The van der Waals surface area contributed by atoms with E-state index in [2.05, 4.69) is 31.5 Å². The van der Waals surface area contributed by atoms with Gasteiger partial charge < -0.3 is 10.3 Å². The van der Waals surface area contributed by atoms with Crippen LogP contribution in [0.2, 0.25) is 0 Å². The molecular formula is C19H28F3N3O. The van der Waals surface area contributed by atoms with Crippen molar-refractivity contribution < 1.29 is 18.0 Å². The van der Waals surface area contributed by atoms with E-state index in [0.29, 0.717) is 17.7 Å². The van der Waals surface area contributed by atoms with E-state index < -0.39 is 24.6 Å². The van der Waals surface area contributed by atoms with E-state index in [-0.39, 0.29) is 11.0 Å². The van der Waals surface area contributed by atoms with Crippen molar-refractivity contribution in [3.63, 3.8) is 0 Å². The van der Waals surface area contributed by atoms with E-state index in [1.54, 1.807) is 14.1 Å². The van der Waals surface area contributed by atoms with E-state index in [1.807, 2.05) is 0 Å². The minimum Gasteiger partial charge on any atom is -0.322 e. The van der Waals surface area contributed by atoms with Crippen LogP contribution < -0.4 is 10.7 Å². The van der Waals surface area contributed by atoms with Crippen molar-refractivity contribution in [2.45, 2.75) is 46.5 Å². The number of hydrazine groups is 1. The number of alkyl halides is 2. The zero-order chi connectivity index (χ0) is 19.9. The van der Waals surface area contributed by atoms with Gasteiger partial charge in [0, 0.05) is 38.0 Å². The molecular weight excluding hydrogens is 343 g/mol. The van der Waals surface area contributed by atoms with E-state index in [9.17, 15) is 18.0 Å². The zero-order valence-corrected chi connectivity index (χ0v) is 16.0. The Bertz CT molecular complexity index is 639. The Morgan fingerprint density at radius 3 is 2.50 bits per heavy atom. The van der Waals surface area contributed by atoms with Crippen molar-refractivity contribution >= 4 is 11.6 Å². The summed E-state index contributed by atoms with van der Waals surface area (Å²) in [6, 6.07) is 4.08. The maximum Gasteiger partial charge on any atom is 0.253 e. The number of nitrogens with zero attached hydrogens (tertiary/aromatic N) is 1. The average Bonchev–Trinajstić information content (AvgIpc) is 2.52. The molecule has 2 N–H and O–H groups in total. The third-order valence-corrected chi connectivity index (χ3v) is 3.83. The Morgan fingerprint density at radius 1 is 1.31 bits per heavy atom. The molecule has 0 heterocycles. The number of amides is 1. The monoisotopic (exact) mass is 371 g/mol. The zero-order valence-electron chi connectivity index (χ0n) is 16.0. The van der Waals surface area contributed by atoms with Gasteiger partial charge in [0.05, 0.1) is 0 Å². The van der Waals surface area contributed by atoms with Crippen LogP contribution in [0.3, 0.4) is 0 Å². The van der Waals surface area contributed by atoms with E-state index in [4.69, 9.17) is 0 Å². The topological polar surface area (TPSA) is 44.4 Å². The van der Waals surface area contributed by atoms with Crippen molar-refractivity contribution in [2.24, 2.45) is 5.41 Å². The third-order valence-electron chi connectivity index (χ3n) is 3.83. The van der Waals surface area contributed by atoms with Gasteiger partial charge in [-0.3, -0.25) is 4.79 Å². The summed E-state index contributed by atoms with van der Waals surface area (Å²) in [5, 5.41) is 4.07. The van der Waals surface area contributed by atoms with Gasteiger partial charge in [-0.25, -0.2) is 18.6 Å². The first kappa shape index (κ1) is 22.0. The highest BCUT2D eigenvalue weighted by Gasteiger charge is 2.18. The summed E-state index contributed by atoms with van der Waals surface area (Å²) in [7, 11) is 3.21. The highest BCUT2D eigenvalue weighted by atomic mass is 19.3. The van der Waals surface area contributed by atoms with Crippen LogP contribution in [0.1, 0.15) is 39.2 Å². The number of carbonyl (C=O) groups is 1. The number of hydrogen-bond acceptors (Lipinski definition) is 3. The molecule has 0 aliphatic rings. The van der Waals surface area contributed by atoms with Crippen LogP contribution >= 0.6 is 0 Å². The lowest BCUT2D eigenvalue weighted by atomic mass is 9.88. The van der Waals surface area contributed by atoms with Gasteiger partial charge in [-0.15, -0.1) is 0 Å². The maximum atomic E-state index is 13.6. The number of halogens is 3. The summed E-state index contributed by atoms with van der Waals surface area (Å²) in [5.74, 6) is -1.03. The van der Waals surface area contributed by atoms with E-state index in [0.717, 1.165) is 6.42 Å². The summed E-state index contributed by atoms with van der Waals surface area (Å²) in [6.07, 6.45) is -0.635. The molecule has 0 fully saturated rings. The van der Waals surface area contributed by atoms with Crippen LogP contribution in [-0.4, -0.2) is 31.4 Å². The standard InChI is InChI=1S/C19H28F3N3O/c1-19(2,3)9-8-13-10-15(20)6-7-16(13)24-18(26)14(11-17(21)22)12-25(5)23-4/h6-7,10,12,17,23H,8-9,11H2,1-5H3,(H,24,26)/b14-12+. The molecule has 0 saturated heterocycles. The normalized spacial score (nSPS) is 12.4. The molecule has 7 heteroatoms. The Balaban J connectivity index is 3.03. The summed E-state index contributed by atoms with van der Waals surface area (Å²) in [5.41, 5.74) is 3.79. The van der Waals surface area contributed by atoms with Gasteiger partial charge in [-0.2, -0.15) is 0 Å². The SMILES string of the molecule is CNN(C)/C=C(\CC(F)F)C(=O)Nc1ccc(F)cc1CCC(C)(C)C. The molecule has 0 saturated carbocycles. The number of rotatable bonds is 8. The fourth-order valence-electron chi connectivity index (χ4n) is 2.27. The Hall–Kier alpha value is -2.02. The number of carbonyl (C=O) groups excluding carboxylic acids is 1. The van der Waals surface area contributed by atoms with Gasteiger partial charge in [0.25, 0.3) is 5.91 Å². The number of anilines is 1. The highest BCUT2D eigenvalue weighted by molar-refractivity contribution is 6.04. The molecule has 146 valence electrons. The van der Waals surface area contributed by atoms with Crippen LogP contribution in [0.4, 0.5) is 18.9 Å². The fourth-order valence-corrected chi connectivity index (χ4v) is 2.27. The Morgan fingerprint density at radius 2 is 1.96 bits per heavy atom. The average molecular weight is 371 g/mol. The largest absolute Gasteiger partial charge is 0.322 e. The smallest absolute Gasteiger partial charge is 0.253 e. The third kappa shape index (κ3) is 7.91. The van der Waals surface area contributed by atoms with Gasteiger partial charge in [0.2, 0.25) is 6.43 Å². The van der Waals surface area contributed by atoms with Crippen molar-refractivity contribution in [1.29, 1.82) is 0 Å². The second kappa shape index (κ2) is 9.62. The minimum absolute atomic E-state index is 0.0455. The van der Waals surface area contributed by atoms with Crippen LogP contribution in [0.15, 0.2) is 30.0 Å². The van der Waals surface area contributed by atoms with Gasteiger partial charge in [0.1, 0.15) is 5.82 Å². The molecule has 1 aromatic rings. The maximum absolute atomic E-state index is 13.6. The predicted molar refractivity (Wildman–Crippen MR) is 98.3 cm³/mol. The molecule has 0 aliphatic heterocycles. The van der Waals surface area contributed by atoms with Crippen molar-refractivity contribution in [3.05, 3.63) is 41.4 Å². The fraction of sp³-hybridized carbons (Fsp3) is 0.526. The Labute approximate surface area is 153 Å². The first-order valence-electron chi connectivity index (χ1n) is 8.50. The number of benzene rings is 1. The lowest BCUT2D eigenvalue weighted by molar-refractivity contribution is -0.113. The molecule has 4 nitrogen and oxygen atoms in total. The second-order valence-corrected chi connectivity index (χ2v) is 7.40. The molecule has 1 amide bonds. The van der Waals surface area contributed by atoms with Gasteiger partial charge in [-0.05, 0) is 42.0 Å². The van der Waals surface area contributed by atoms with Crippen LogP contribution in [0.25, 0.3) is 0 Å². The van der Waals surface area contributed by atoms with Crippen molar-refractivity contribution in [1.82, 2.24) is 10.4 Å². The molecule has 0 aromatic heterocycles. The second-order valence-electron chi connectivity index (χ2n) is 7.40. The molecule has 26 heavy (non-hydrogen) atoms. The van der Waals surface area contributed by atoms with Gasteiger partial charge in [-0.1, -0.05) is 20.8 Å². The highest BCUT2D eigenvalue weighted by Crippen LogP contribution is 2.26. The minimum atomic E-state index is -2.65. The Kier molecular flexibility index (Phi) is 8.14. The first-order chi connectivity index (χ1) is 12.0. The van der Waals surface area contributed by atoms with E-state index in [1.165, 1.54) is 29.4 Å². The molecule has 1 rings (SSSR count). The van der Waals surface area contributed by atoms with Crippen molar-refractivity contribution in [3.8, 4) is 0 Å². The number of nitrogens with one attached hydrogen (secondary N) is 2. The van der Waals surface area contributed by atoms with Crippen LogP contribution in [0.5, 0.6) is 0 Å². The molecule has 0 spiro atoms. The molecule has 0 aliphatic carbocycles. The molecule has 0 radical (unpaired) electrons. The first-order valence-corrected chi connectivity index (χ1v) is 8.50. The summed E-state index contributed by atoms with van der Waals surface area (Å²) < 4.78 is 39.2. The predicted octanol–water partition coefficient (Wildman–Crippen LogP) is 4.35. The summed E-state index contributed by atoms with van der Waals surface area (Å²) in [4.78, 5) is 12.5. The summed E-state index contributed by atoms with van der Waals surface area (Å²) >= 11 is 0. The molecule has 0 bridgehead atoms. The quantitative estimate of drug-likeness (QED) is 0.528. The van der Waals surface area contributed by atoms with Gasteiger partial charge in [0.15, 0.2) is 0 Å².